The van der Waals surface area contributed by atoms with Crippen molar-refractivity contribution in [1.29, 1.82) is 0 Å². The van der Waals surface area contributed by atoms with Gasteiger partial charge in [-0.25, -0.2) is 24.0 Å². The normalized spacial score (nSPS) is 14.4. The summed E-state index contributed by atoms with van der Waals surface area (Å²) in [6.07, 6.45) is 1.83. The Morgan fingerprint density at radius 2 is 1.21 bits per heavy atom. The first-order valence-corrected chi connectivity index (χ1v) is 9.95. The number of hydrogen-bond acceptors (Lipinski definition) is 5. The molecule has 0 radical (unpaired) electrons. The van der Waals surface area contributed by atoms with Crippen molar-refractivity contribution in [2.75, 3.05) is 5.32 Å². The Labute approximate surface area is 170 Å². The lowest BCUT2D eigenvalue weighted by atomic mass is 9.76. The van der Waals surface area contributed by atoms with Crippen LogP contribution in [-0.4, -0.2) is 5.84 Å². The zero-order valence-corrected chi connectivity index (χ0v) is 16.1. The molecule has 0 amide bonds. The van der Waals surface area contributed by atoms with Gasteiger partial charge in [-0.15, -0.1) is 10.2 Å². The van der Waals surface area contributed by atoms with Crippen LogP contribution >= 0.6 is 0 Å². The second kappa shape index (κ2) is 8.57. The second-order valence-electron chi connectivity index (χ2n) is 6.27. The first-order valence-electron chi connectivity index (χ1n) is 8.71. The van der Waals surface area contributed by atoms with Crippen molar-refractivity contribution < 1.29 is 33.9 Å². The summed E-state index contributed by atoms with van der Waals surface area (Å²) >= 11 is 0. The number of anilines is 1. The van der Waals surface area contributed by atoms with E-state index in [1.165, 1.54) is 16.7 Å². The van der Waals surface area contributed by atoms with Gasteiger partial charge in [0.1, 0.15) is 5.69 Å². The summed E-state index contributed by atoms with van der Waals surface area (Å²) in [7, 11) is -4.94. The van der Waals surface area contributed by atoms with Crippen LogP contribution in [0.1, 0.15) is 16.7 Å². The molecule has 0 bridgehead atoms. The van der Waals surface area contributed by atoms with Gasteiger partial charge in [-0.2, -0.15) is 0 Å². The van der Waals surface area contributed by atoms with E-state index in [9.17, 15) is 0 Å². The molecule has 1 heterocycles. The number of rotatable bonds is 3. The van der Waals surface area contributed by atoms with Gasteiger partial charge >= 0.3 is 0 Å². The van der Waals surface area contributed by atoms with E-state index in [2.05, 4.69) is 89.7 Å². The molecule has 148 valence electrons. The first-order chi connectivity index (χ1) is 13.8. The molecule has 4 rings (SSSR count). The van der Waals surface area contributed by atoms with Crippen molar-refractivity contribution in [3.63, 3.8) is 0 Å². The molecule has 0 fully saturated rings. The molecule has 0 aromatic heterocycles. The fourth-order valence-electron chi connectivity index (χ4n) is 3.47. The molecule has 3 aromatic carbocycles. The molecule has 1 aliphatic heterocycles. The van der Waals surface area contributed by atoms with E-state index in [-0.39, 0.29) is 0 Å². The van der Waals surface area contributed by atoms with E-state index in [1.807, 2.05) is 18.2 Å². The average Bonchev–Trinajstić information content (AvgIpc) is 2.73. The van der Waals surface area contributed by atoms with Crippen molar-refractivity contribution in [2.45, 2.75) is 5.54 Å². The van der Waals surface area contributed by atoms with E-state index in [0.717, 1.165) is 11.5 Å². The highest BCUT2D eigenvalue weighted by atomic mass is 35.7. The molecule has 0 aliphatic carbocycles. The Kier molecular flexibility index (Phi) is 6.12. The first kappa shape index (κ1) is 20.7. The van der Waals surface area contributed by atoms with Crippen LogP contribution < -0.4 is 28.9 Å². The minimum absolute atomic E-state index is 0.451. The van der Waals surface area contributed by atoms with Crippen molar-refractivity contribution in [3.8, 4) is 0 Å². The summed E-state index contributed by atoms with van der Waals surface area (Å²) in [6, 6.07) is 29.5. The van der Waals surface area contributed by atoms with E-state index < -0.39 is 15.8 Å². The summed E-state index contributed by atoms with van der Waals surface area (Å²) in [4.78, 5) is 3.69. The molecule has 0 atom stereocenters. The van der Waals surface area contributed by atoms with Crippen LogP contribution in [0.3, 0.4) is 0 Å². The van der Waals surface area contributed by atoms with Gasteiger partial charge in [0.25, 0.3) is 5.84 Å². The van der Waals surface area contributed by atoms with Gasteiger partial charge in [-0.05, 0) is 12.1 Å². The maximum Gasteiger partial charge on any atom is 0.273 e. The lowest BCUT2D eigenvalue weighted by molar-refractivity contribution is -2.00. The molecular formula is C22H19ClN2O4. The van der Waals surface area contributed by atoms with Gasteiger partial charge < -0.3 is 0 Å². The molecule has 0 unspecified atom stereocenters. The van der Waals surface area contributed by atoms with Crippen LogP contribution in [0.2, 0.25) is 0 Å². The summed E-state index contributed by atoms with van der Waals surface area (Å²) < 4.78 is 34.0. The largest absolute Gasteiger partial charge is 0.273 e. The highest BCUT2D eigenvalue weighted by Crippen LogP contribution is 2.37. The molecule has 1 aliphatic rings. The molecular weight excluding hydrogens is 392 g/mol. The number of nitrogens with one attached hydrogen (secondary N) is 2. The number of hydrogen-bond donors (Lipinski definition) is 2. The maximum atomic E-state index is 8.49. The Bertz CT molecular complexity index is 957. The van der Waals surface area contributed by atoms with Crippen molar-refractivity contribution in [2.24, 2.45) is 0 Å². The van der Waals surface area contributed by atoms with Crippen LogP contribution in [0.4, 0.5) is 5.69 Å². The molecule has 0 spiro atoms. The molecule has 3 aromatic rings. The Morgan fingerprint density at radius 3 is 1.69 bits per heavy atom. The minimum Gasteiger partial charge on any atom is -0.256 e. The number of amidine groups is 1. The highest BCUT2D eigenvalue weighted by molar-refractivity contribution is 6.01. The summed E-state index contributed by atoms with van der Waals surface area (Å²) in [5, 5.41) is 3.43. The minimum atomic E-state index is -4.94. The van der Waals surface area contributed by atoms with Gasteiger partial charge in [-0.1, -0.05) is 79.4 Å². The SMILES string of the molecule is C=CC1=[NH+]C(c2ccccc2)(c2ccccc2)c2ccccc2N1.[O-][Cl+3]([O-])([O-])[O-]. The van der Waals surface area contributed by atoms with Crippen LogP contribution in [0.15, 0.2) is 97.6 Å². The Morgan fingerprint density at radius 1 is 0.759 bits per heavy atom. The number of benzene rings is 3. The van der Waals surface area contributed by atoms with E-state index in [1.54, 1.807) is 0 Å². The van der Waals surface area contributed by atoms with Crippen LogP contribution in [0, 0.1) is 10.2 Å². The van der Waals surface area contributed by atoms with Gasteiger partial charge in [0.2, 0.25) is 0 Å². The summed E-state index contributed by atoms with van der Waals surface area (Å²) in [5.41, 5.74) is 4.24. The van der Waals surface area contributed by atoms with Gasteiger partial charge in [0.15, 0.2) is 5.54 Å². The van der Waals surface area contributed by atoms with Gasteiger partial charge in [0.05, 0.1) is 5.56 Å². The lowest BCUT2D eigenvalue weighted by Gasteiger charge is -2.33. The summed E-state index contributed by atoms with van der Waals surface area (Å²) in [5.74, 6) is 0.904. The third kappa shape index (κ3) is 4.71. The molecule has 0 saturated carbocycles. The standard InChI is InChI=1S/C22H18N2.ClHO4/c1-2-21-23-20-16-10-9-15-19(20)22(24-21,17-11-5-3-6-12-17)18-13-7-4-8-14-18;2-1(3,4)5/h2-16H,1H2,(H,23,24);(H,2,3,4,5). The zero-order chi connectivity index (χ0) is 20.9. The van der Waals surface area contributed by atoms with Crippen molar-refractivity contribution in [3.05, 3.63) is 114 Å². The molecule has 6 nitrogen and oxygen atoms in total. The van der Waals surface area contributed by atoms with Crippen LogP contribution in [0.5, 0.6) is 0 Å². The number of para-hydroxylation sites is 1. The lowest BCUT2D eigenvalue weighted by Crippen LogP contribution is -2.88. The smallest absolute Gasteiger partial charge is 0.256 e. The summed E-state index contributed by atoms with van der Waals surface area (Å²) in [6.45, 7) is 3.95. The van der Waals surface area contributed by atoms with Crippen molar-refractivity contribution in [1.82, 2.24) is 0 Å². The quantitative estimate of drug-likeness (QED) is 0.534. The van der Waals surface area contributed by atoms with Crippen LogP contribution in [0.25, 0.3) is 0 Å². The third-order valence-corrected chi connectivity index (χ3v) is 4.54. The predicted octanol–water partition coefficient (Wildman–Crippen LogP) is -1.69. The monoisotopic (exact) mass is 410 g/mol. The Hall–Kier alpha value is -3.00. The molecule has 29 heavy (non-hydrogen) atoms. The number of fused-ring (bicyclic) bond motifs is 1. The van der Waals surface area contributed by atoms with E-state index in [4.69, 9.17) is 18.6 Å². The third-order valence-electron chi connectivity index (χ3n) is 4.54. The van der Waals surface area contributed by atoms with E-state index in [0.29, 0.717) is 0 Å². The van der Waals surface area contributed by atoms with E-state index >= 15 is 0 Å². The molecule has 7 heteroatoms. The molecule has 0 saturated heterocycles. The number of halogens is 1. The highest BCUT2D eigenvalue weighted by Gasteiger charge is 2.44. The Balaban J connectivity index is 0.000000431. The fourth-order valence-corrected chi connectivity index (χ4v) is 3.47. The molecule has 2 N–H and O–H groups in total. The predicted molar refractivity (Wildman–Crippen MR) is 99.0 cm³/mol. The van der Waals surface area contributed by atoms with Gasteiger partial charge in [-0.3, -0.25) is 4.99 Å². The zero-order valence-electron chi connectivity index (χ0n) is 15.4. The second-order valence-corrected chi connectivity index (χ2v) is 7.03. The van der Waals surface area contributed by atoms with Gasteiger partial charge in [0, 0.05) is 17.2 Å². The maximum absolute atomic E-state index is 8.49. The van der Waals surface area contributed by atoms with Crippen LogP contribution in [-0.2, 0) is 5.54 Å². The average molecular weight is 411 g/mol. The van der Waals surface area contributed by atoms with Crippen molar-refractivity contribution >= 4 is 11.5 Å². The topological polar surface area (TPSA) is 118 Å². The fraction of sp³-hybridized carbons (Fsp3) is 0.0455.